The number of methoxy groups -OCH3 is 1. The van der Waals surface area contributed by atoms with Gasteiger partial charge in [0.05, 0.1) is 25.7 Å². The fourth-order valence-electron chi connectivity index (χ4n) is 3.13. The number of carbonyl (C=O) groups is 1. The lowest BCUT2D eigenvalue weighted by molar-refractivity contribution is -0.141. The van der Waals surface area contributed by atoms with Crippen LogP contribution in [-0.2, 0) is 14.3 Å². The highest BCUT2D eigenvalue weighted by Crippen LogP contribution is 2.26. The van der Waals surface area contributed by atoms with E-state index in [0.717, 1.165) is 45.3 Å². The largest absolute Gasteiger partial charge is 0.469 e. The molecular weight excluding hydrogens is 246 g/mol. The van der Waals surface area contributed by atoms with Crippen molar-refractivity contribution in [1.29, 1.82) is 0 Å². The molecule has 3 atom stereocenters. The van der Waals surface area contributed by atoms with Crippen molar-refractivity contribution in [2.45, 2.75) is 56.8 Å². The van der Waals surface area contributed by atoms with Crippen LogP contribution < -0.4 is 0 Å². The molecule has 0 bridgehead atoms. The van der Waals surface area contributed by atoms with Gasteiger partial charge in [-0.1, -0.05) is 0 Å². The molecule has 0 aromatic carbocycles. The zero-order valence-electron chi connectivity index (χ0n) is 11.7. The molecule has 2 rings (SSSR count). The van der Waals surface area contributed by atoms with E-state index < -0.39 is 0 Å². The van der Waals surface area contributed by atoms with Gasteiger partial charge in [0, 0.05) is 25.7 Å². The van der Waals surface area contributed by atoms with Crippen LogP contribution in [0.2, 0.25) is 0 Å². The van der Waals surface area contributed by atoms with Crippen molar-refractivity contribution < 1.29 is 19.4 Å². The first-order valence-corrected chi connectivity index (χ1v) is 7.31. The maximum atomic E-state index is 11.3. The molecule has 19 heavy (non-hydrogen) atoms. The highest BCUT2D eigenvalue weighted by Gasteiger charge is 2.32. The number of aliphatic hydroxyl groups is 1. The highest BCUT2D eigenvalue weighted by molar-refractivity contribution is 5.69. The number of hydrogen-bond donors (Lipinski definition) is 1. The third kappa shape index (κ3) is 4.16. The van der Waals surface area contributed by atoms with Gasteiger partial charge in [-0.15, -0.1) is 0 Å². The predicted molar refractivity (Wildman–Crippen MR) is 70.8 cm³/mol. The van der Waals surface area contributed by atoms with Crippen molar-refractivity contribution in [3.05, 3.63) is 0 Å². The van der Waals surface area contributed by atoms with E-state index in [9.17, 15) is 9.90 Å². The summed E-state index contributed by atoms with van der Waals surface area (Å²) in [5.41, 5.74) is 0. The summed E-state index contributed by atoms with van der Waals surface area (Å²) >= 11 is 0. The number of aliphatic hydroxyl groups excluding tert-OH is 1. The van der Waals surface area contributed by atoms with Gasteiger partial charge in [0.2, 0.25) is 0 Å². The zero-order valence-corrected chi connectivity index (χ0v) is 11.7. The van der Waals surface area contributed by atoms with Gasteiger partial charge in [-0.3, -0.25) is 9.69 Å². The normalized spacial score (nSPS) is 31.0. The molecule has 0 aromatic heterocycles. The van der Waals surface area contributed by atoms with Crippen molar-refractivity contribution in [1.82, 2.24) is 4.90 Å². The Kier molecular flexibility index (Phi) is 5.60. The standard InChI is InChI=1S/C14H25NO4/c1-18-14(17)7-8-15(10-11-4-3-9-19-11)12-5-2-6-13(12)16/h11-13,16H,2-10H2,1H3. The molecule has 0 radical (unpaired) electrons. The molecule has 1 saturated carbocycles. The molecule has 1 aliphatic carbocycles. The van der Waals surface area contributed by atoms with Crippen LogP contribution in [0.1, 0.15) is 38.5 Å². The first kappa shape index (κ1) is 14.8. The van der Waals surface area contributed by atoms with Gasteiger partial charge in [-0.25, -0.2) is 0 Å². The van der Waals surface area contributed by atoms with Crippen molar-refractivity contribution in [3.63, 3.8) is 0 Å². The number of hydrogen-bond acceptors (Lipinski definition) is 5. The van der Waals surface area contributed by atoms with E-state index in [2.05, 4.69) is 4.90 Å². The third-order valence-electron chi connectivity index (χ3n) is 4.21. The monoisotopic (exact) mass is 271 g/mol. The maximum absolute atomic E-state index is 11.3. The molecule has 2 aliphatic rings. The molecule has 0 spiro atoms. The molecule has 1 N–H and O–H groups in total. The summed E-state index contributed by atoms with van der Waals surface area (Å²) in [5.74, 6) is -0.190. The van der Waals surface area contributed by atoms with Crippen molar-refractivity contribution >= 4 is 5.97 Å². The van der Waals surface area contributed by atoms with Crippen molar-refractivity contribution in [2.75, 3.05) is 26.8 Å². The maximum Gasteiger partial charge on any atom is 0.306 e. The summed E-state index contributed by atoms with van der Waals surface area (Å²) < 4.78 is 10.4. The van der Waals surface area contributed by atoms with Crippen LogP contribution in [0.25, 0.3) is 0 Å². The average Bonchev–Trinajstić information content (AvgIpc) is 3.05. The van der Waals surface area contributed by atoms with Gasteiger partial charge >= 0.3 is 5.97 Å². The first-order valence-electron chi connectivity index (χ1n) is 7.31. The molecule has 1 aliphatic heterocycles. The van der Waals surface area contributed by atoms with Crippen molar-refractivity contribution in [3.8, 4) is 0 Å². The van der Waals surface area contributed by atoms with Crippen LogP contribution in [0.3, 0.4) is 0 Å². The van der Waals surface area contributed by atoms with Crippen LogP contribution in [0.15, 0.2) is 0 Å². The van der Waals surface area contributed by atoms with Gasteiger partial charge < -0.3 is 14.6 Å². The molecule has 1 heterocycles. The fraction of sp³-hybridized carbons (Fsp3) is 0.929. The van der Waals surface area contributed by atoms with E-state index >= 15 is 0 Å². The van der Waals surface area contributed by atoms with Gasteiger partial charge in [0.25, 0.3) is 0 Å². The molecule has 1 saturated heterocycles. The number of esters is 1. The van der Waals surface area contributed by atoms with E-state index in [1.54, 1.807) is 0 Å². The van der Waals surface area contributed by atoms with Gasteiger partial charge in [-0.2, -0.15) is 0 Å². The minimum absolute atomic E-state index is 0.175. The van der Waals surface area contributed by atoms with Crippen LogP contribution in [-0.4, -0.2) is 61.0 Å². The van der Waals surface area contributed by atoms with E-state index in [0.29, 0.717) is 13.0 Å². The van der Waals surface area contributed by atoms with Gasteiger partial charge in [0.1, 0.15) is 0 Å². The Labute approximate surface area is 114 Å². The van der Waals surface area contributed by atoms with E-state index in [4.69, 9.17) is 9.47 Å². The summed E-state index contributed by atoms with van der Waals surface area (Å²) in [6, 6.07) is 0.175. The number of carbonyl (C=O) groups excluding carboxylic acids is 1. The molecule has 5 heteroatoms. The van der Waals surface area contributed by atoms with Crippen LogP contribution >= 0.6 is 0 Å². The molecular formula is C14H25NO4. The van der Waals surface area contributed by atoms with Crippen LogP contribution in [0, 0.1) is 0 Å². The Balaban J connectivity index is 1.89. The summed E-state index contributed by atoms with van der Waals surface area (Å²) in [4.78, 5) is 13.5. The van der Waals surface area contributed by atoms with E-state index in [-0.39, 0.29) is 24.2 Å². The smallest absolute Gasteiger partial charge is 0.306 e. The van der Waals surface area contributed by atoms with Gasteiger partial charge in [-0.05, 0) is 32.1 Å². The summed E-state index contributed by atoms with van der Waals surface area (Å²) in [5, 5.41) is 10.1. The summed E-state index contributed by atoms with van der Waals surface area (Å²) in [7, 11) is 1.41. The number of nitrogens with zero attached hydrogens (tertiary/aromatic N) is 1. The Morgan fingerprint density at radius 3 is 2.79 bits per heavy atom. The zero-order chi connectivity index (χ0) is 13.7. The molecule has 2 fully saturated rings. The van der Waals surface area contributed by atoms with E-state index in [1.807, 2.05) is 0 Å². The Morgan fingerprint density at radius 1 is 1.37 bits per heavy atom. The average molecular weight is 271 g/mol. The molecule has 0 amide bonds. The SMILES string of the molecule is COC(=O)CCN(CC1CCCO1)C1CCCC1O. The lowest BCUT2D eigenvalue weighted by Gasteiger charge is -2.32. The Bertz CT molecular complexity index is 291. The molecule has 5 nitrogen and oxygen atoms in total. The first-order chi connectivity index (χ1) is 9.20. The lowest BCUT2D eigenvalue weighted by atomic mass is 10.1. The third-order valence-corrected chi connectivity index (χ3v) is 4.21. The number of rotatable bonds is 6. The fourth-order valence-corrected chi connectivity index (χ4v) is 3.13. The molecule has 0 aromatic rings. The van der Waals surface area contributed by atoms with E-state index in [1.165, 1.54) is 7.11 Å². The van der Waals surface area contributed by atoms with Crippen LogP contribution in [0.5, 0.6) is 0 Å². The minimum atomic E-state index is -0.265. The lowest BCUT2D eigenvalue weighted by Crippen LogP contribution is -2.45. The van der Waals surface area contributed by atoms with Gasteiger partial charge in [0.15, 0.2) is 0 Å². The Hall–Kier alpha value is -0.650. The second-order valence-corrected chi connectivity index (χ2v) is 5.52. The summed E-state index contributed by atoms with van der Waals surface area (Å²) in [6.45, 7) is 2.30. The topological polar surface area (TPSA) is 59.0 Å². The Morgan fingerprint density at radius 2 is 2.21 bits per heavy atom. The second-order valence-electron chi connectivity index (χ2n) is 5.52. The quantitative estimate of drug-likeness (QED) is 0.729. The summed E-state index contributed by atoms with van der Waals surface area (Å²) in [6.07, 6.45) is 5.50. The highest BCUT2D eigenvalue weighted by atomic mass is 16.5. The van der Waals surface area contributed by atoms with Crippen molar-refractivity contribution in [2.24, 2.45) is 0 Å². The molecule has 110 valence electrons. The van der Waals surface area contributed by atoms with Crippen LogP contribution in [0.4, 0.5) is 0 Å². The number of ether oxygens (including phenoxy) is 2. The predicted octanol–water partition coefficient (Wildman–Crippen LogP) is 0.944. The molecule has 3 unspecified atom stereocenters. The minimum Gasteiger partial charge on any atom is -0.469 e. The second kappa shape index (κ2) is 7.22.